The number of hydrogen-bond acceptors (Lipinski definition) is 12. The lowest BCUT2D eigenvalue weighted by atomic mass is 9.74. The number of aliphatic hydroxyl groups is 3. The van der Waals surface area contributed by atoms with Crippen LogP contribution < -0.4 is 0 Å². The van der Waals surface area contributed by atoms with Gasteiger partial charge in [0.15, 0.2) is 12.1 Å². The van der Waals surface area contributed by atoms with Gasteiger partial charge in [-0.25, -0.2) is 0 Å². The number of rotatable bonds is 8. The highest BCUT2D eigenvalue weighted by molar-refractivity contribution is 6.00. The van der Waals surface area contributed by atoms with Gasteiger partial charge >= 0.3 is 5.97 Å². The standard InChI is InChI=1S/C36H65N3O9/c1-15-27-36(11,44)31(42)23(7)28(38-37-21(5)16-19(2)3)20(4)18-35(10,45-14)32(24(8)29(40)25(9)33(43)47-27)48-34-30(41)26(39(12)13)17-22(6)46-34/h19-20,22-27,30-32,34,41-42,44H,15-18H2,1-14H3. The van der Waals surface area contributed by atoms with Crippen molar-refractivity contribution in [2.75, 3.05) is 21.2 Å². The molecule has 2 aliphatic heterocycles. The van der Waals surface area contributed by atoms with E-state index in [1.54, 1.807) is 20.8 Å². The van der Waals surface area contributed by atoms with Crippen LogP contribution in [0.1, 0.15) is 102 Å². The molecule has 0 aliphatic carbocycles. The number of esters is 1. The summed E-state index contributed by atoms with van der Waals surface area (Å²) in [5, 5.41) is 44.0. The Balaban J connectivity index is 2.78. The summed E-state index contributed by atoms with van der Waals surface area (Å²) in [5.74, 6) is -4.15. The van der Waals surface area contributed by atoms with Gasteiger partial charge in [-0.15, -0.1) is 0 Å². The Hall–Kier alpha value is -1.80. The van der Waals surface area contributed by atoms with E-state index in [0.29, 0.717) is 18.1 Å². The van der Waals surface area contributed by atoms with Crippen molar-refractivity contribution in [2.45, 2.75) is 156 Å². The van der Waals surface area contributed by atoms with Gasteiger partial charge in [-0.3, -0.25) is 9.59 Å². The molecule has 2 rings (SSSR count). The van der Waals surface area contributed by atoms with Crippen molar-refractivity contribution in [2.24, 2.45) is 39.8 Å². The van der Waals surface area contributed by atoms with E-state index in [1.807, 2.05) is 46.7 Å². The number of aliphatic hydroxyl groups excluding tert-OH is 2. The number of nitrogens with zero attached hydrogens (tertiary/aromatic N) is 3. The highest BCUT2D eigenvalue weighted by atomic mass is 16.7. The summed E-state index contributed by atoms with van der Waals surface area (Å²) < 4.78 is 24.7. The molecule has 13 atom stereocenters. The fourth-order valence-corrected chi connectivity index (χ4v) is 7.41. The second kappa shape index (κ2) is 17.4. The molecule has 0 amide bonds. The molecule has 2 aliphatic rings. The summed E-state index contributed by atoms with van der Waals surface area (Å²) in [6.45, 7) is 19.8. The zero-order chi connectivity index (χ0) is 36.9. The van der Waals surface area contributed by atoms with Gasteiger partial charge in [0.25, 0.3) is 0 Å². The Morgan fingerprint density at radius 1 is 1.08 bits per heavy atom. The van der Waals surface area contributed by atoms with Crippen LogP contribution in [0.25, 0.3) is 0 Å². The highest BCUT2D eigenvalue weighted by Crippen LogP contribution is 2.38. The molecule has 2 saturated heterocycles. The smallest absolute Gasteiger partial charge is 0.316 e. The molecule has 12 nitrogen and oxygen atoms in total. The van der Waals surface area contributed by atoms with E-state index in [-0.39, 0.29) is 25.0 Å². The van der Waals surface area contributed by atoms with Gasteiger partial charge in [0.2, 0.25) is 0 Å². The predicted octanol–water partition coefficient (Wildman–Crippen LogP) is 4.02. The second-order valence-corrected chi connectivity index (χ2v) is 15.4. The van der Waals surface area contributed by atoms with Crippen molar-refractivity contribution >= 4 is 23.2 Å². The third kappa shape index (κ3) is 9.92. The maximum Gasteiger partial charge on any atom is 0.316 e. The fourth-order valence-electron chi connectivity index (χ4n) is 7.41. The summed E-state index contributed by atoms with van der Waals surface area (Å²) in [5.41, 5.74) is -1.73. The Bertz CT molecular complexity index is 1140. The number of Topliss-reactive ketones (excluding diaryl/α,β-unsaturated/α-hetero) is 1. The van der Waals surface area contributed by atoms with Crippen LogP contribution in [0.4, 0.5) is 0 Å². The molecule has 0 bridgehead atoms. The quantitative estimate of drug-likeness (QED) is 0.148. The lowest BCUT2D eigenvalue weighted by molar-refractivity contribution is -0.295. The van der Waals surface area contributed by atoms with Crippen molar-refractivity contribution in [3.63, 3.8) is 0 Å². The molecule has 0 spiro atoms. The molecular weight excluding hydrogens is 618 g/mol. The third-order valence-electron chi connectivity index (χ3n) is 10.4. The minimum atomic E-state index is -1.87. The number of carbonyl (C=O) groups excluding carboxylic acids is 2. The van der Waals surface area contributed by atoms with Crippen molar-refractivity contribution in [3.05, 3.63) is 0 Å². The van der Waals surface area contributed by atoms with E-state index in [1.165, 1.54) is 21.0 Å². The summed E-state index contributed by atoms with van der Waals surface area (Å²) in [4.78, 5) is 29.5. The van der Waals surface area contributed by atoms with Crippen LogP contribution in [-0.2, 0) is 28.5 Å². The minimum Gasteiger partial charge on any atom is -0.459 e. The summed E-state index contributed by atoms with van der Waals surface area (Å²) >= 11 is 0. The number of methoxy groups -OCH3 is 1. The van der Waals surface area contributed by atoms with Gasteiger partial charge in [-0.05, 0) is 86.2 Å². The molecule has 0 aromatic rings. The molecule has 0 saturated carbocycles. The molecule has 12 heteroatoms. The van der Waals surface area contributed by atoms with Crippen LogP contribution in [0.2, 0.25) is 0 Å². The summed E-state index contributed by atoms with van der Waals surface area (Å²) in [6.07, 6.45) is -4.05. The Morgan fingerprint density at radius 2 is 1.69 bits per heavy atom. The van der Waals surface area contributed by atoms with Gasteiger partial charge in [0, 0.05) is 36.4 Å². The van der Waals surface area contributed by atoms with Gasteiger partial charge < -0.3 is 39.2 Å². The number of likely N-dealkylation sites (N-methyl/N-ethyl adjacent to an activating group) is 1. The molecular formula is C36H65N3O9. The van der Waals surface area contributed by atoms with Gasteiger partial charge in [-0.2, -0.15) is 10.2 Å². The first-order valence-corrected chi connectivity index (χ1v) is 17.6. The number of carbonyl (C=O) groups is 2. The largest absolute Gasteiger partial charge is 0.459 e. The molecule has 3 N–H and O–H groups in total. The Labute approximate surface area is 288 Å². The van der Waals surface area contributed by atoms with Crippen molar-refractivity contribution in [1.29, 1.82) is 0 Å². The van der Waals surface area contributed by atoms with Crippen molar-refractivity contribution < 1.29 is 43.9 Å². The lowest BCUT2D eigenvalue weighted by Gasteiger charge is -2.47. The monoisotopic (exact) mass is 683 g/mol. The third-order valence-corrected chi connectivity index (χ3v) is 10.4. The molecule has 0 aromatic carbocycles. The SMILES string of the molecule is CCC1OC(=O)C(C)C(=O)C(C)C(OC2OC(C)CC(N(C)C)C2O)C(C)(OC)CC(C)C(=NN=C(C)CC(C)C)C(C)C(O)C1(C)O. The zero-order valence-electron chi connectivity index (χ0n) is 31.9. The predicted molar refractivity (Wildman–Crippen MR) is 186 cm³/mol. The highest BCUT2D eigenvalue weighted by Gasteiger charge is 2.51. The number of hydrogen-bond donors (Lipinski definition) is 3. The van der Waals surface area contributed by atoms with Crippen LogP contribution in [0.15, 0.2) is 10.2 Å². The lowest BCUT2D eigenvalue weighted by Crippen LogP contribution is -2.60. The number of ether oxygens (including phenoxy) is 4. The summed E-state index contributed by atoms with van der Waals surface area (Å²) in [7, 11) is 5.29. The fraction of sp³-hybridized carbons (Fsp3) is 0.889. The van der Waals surface area contributed by atoms with E-state index >= 15 is 0 Å². The van der Waals surface area contributed by atoms with Crippen LogP contribution >= 0.6 is 0 Å². The molecule has 2 fully saturated rings. The number of cyclic esters (lactones) is 1. The average molecular weight is 684 g/mol. The number of ketones is 1. The van der Waals surface area contributed by atoms with Crippen LogP contribution in [0.3, 0.4) is 0 Å². The van der Waals surface area contributed by atoms with E-state index < -0.39 is 77.3 Å². The van der Waals surface area contributed by atoms with E-state index in [0.717, 1.165) is 12.1 Å². The zero-order valence-corrected chi connectivity index (χ0v) is 31.9. The van der Waals surface area contributed by atoms with Crippen LogP contribution in [-0.4, -0.2) is 119 Å². The molecule has 0 aromatic heterocycles. The van der Waals surface area contributed by atoms with Crippen molar-refractivity contribution in [1.82, 2.24) is 4.90 Å². The van der Waals surface area contributed by atoms with Gasteiger partial charge in [0.05, 0.1) is 23.9 Å². The first-order chi connectivity index (χ1) is 22.1. The minimum absolute atomic E-state index is 0.197. The molecule has 2 heterocycles. The molecule has 48 heavy (non-hydrogen) atoms. The maximum atomic E-state index is 14.1. The topological polar surface area (TPSA) is 160 Å². The first-order valence-electron chi connectivity index (χ1n) is 17.6. The summed E-state index contributed by atoms with van der Waals surface area (Å²) in [6, 6.07) is -0.253. The Kier molecular flexibility index (Phi) is 15.4. The van der Waals surface area contributed by atoms with Crippen molar-refractivity contribution in [3.8, 4) is 0 Å². The van der Waals surface area contributed by atoms with E-state index in [9.17, 15) is 24.9 Å². The van der Waals surface area contributed by atoms with E-state index in [4.69, 9.17) is 18.9 Å². The van der Waals surface area contributed by atoms with Crippen LogP contribution in [0.5, 0.6) is 0 Å². The first kappa shape index (κ1) is 42.4. The van der Waals surface area contributed by atoms with Gasteiger partial charge in [-0.1, -0.05) is 41.5 Å². The molecule has 13 unspecified atom stereocenters. The maximum absolute atomic E-state index is 14.1. The normalized spacial score (nSPS) is 42.3. The Morgan fingerprint density at radius 3 is 2.21 bits per heavy atom. The van der Waals surface area contributed by atoms with Crippen LogP contribution in [0, 0.1) is 29.6 Å². The average Bonchev–Trinajstić information content (AvgIpc) is 3.00. The van der Waals surface area contributed by atoms with E-state index in [2.05, 4.69) is 24.1 Å². The second-order valence-electron chi connectivity index (χ2n) is 15.4. The van der Waals surface area contributed by atoms with Gasteiger partial charge in [0.1, 0.15) is 23.7 Å². The molecule has 0 radical (unpaired) electrons. The molecule has 278 valence electrons.